The number of benzene rings is 1. The van der Waals surface area contributed by atoms with Crippen LogP contribution < -0.4 is 5.73 Å². The Kier molecular flexibility index (Phi) is 13.1. The average molecular weight is 689 g/mol. The molecule has 0 saturated carbocycles. The topological polar surface area (TPSA) is 118 Å². The molecule has 1 aliphatic carbocycles. The lowest BCUT2D eigenvalue weighted by molar-refractivity contribution is -0.200. The standard InChI is InChI=1S/C37H50F2N2O6S/c1-4-22(17-25-18-24(9-8-23(25)5-2)35-33(43)32(42)34(44)37(47-35)48-3)7-6-16-45-28-12-14-41(15-13-28)27-20-31(40)36(46-21-27)29-19-26(38)10-11-30(29)39/h4,6-11,16,18-19,27-37,42-44H,1,5,12-15,17,20-21,40H2,2-3H3/b16-6+,22-7+/t27?,29?,30?,31-,32+,33+,34-,35-,36+,37+/m0/s1. The maximum absolute atomic E-state index is 14.4. The summed E-state index contributed by atoms with van der Waals surface area (Å²) in [4.78, 5) is 2.36. The SMILES string of the molecule is C=C/C(=C\C=C\OC1CCN(C2CO[C@H](C3C=C(F)C=CC3F)[C@@H](N)C2)CC1)Cc1cc([C@@H]2O[C@H](SC)[C@@H](O)[C@H](O)[C@H]2O)ccc1CC. The van der Waals surface area contributed by atoms with Crippen molar-refractivity contribution in [2.75, 3.05) is 26.0 Å². The first-order valence-electron chi connectivity index (χ1n) is 16.9. The molecule has 11 heteroatoms. The molecule has 1 aromatic carbocycles. The molecule has 48 heavy (non-hydrogen) atoms. The van der Waals surface area contributed by atoms with Crippen molar-refractivity contribution in [3.63, 3.8) is 0 Å². The lowest BCUT2D eigenvalue weighted by atomic mass is 9.84. The van der Waals surface area contributed by atoms with Gasteiger partial charge in [-0.1, -0.05) is 43.9 Å². The van der Waals surface area contributed by atoms with E-state index in [1.54, 1.807) is 12.5 Å². The molecule has 3 saturated heterocycles. The van der Waals surface area contributed by atoms with E-state index in [0.717, 1.165) is 60.7 Å². The van der Waals surface area contributed by atoms with Crippen LogP contribution in [0, 0.1) is 5.92 Å². The highest BCUT2D eigenvalue weighted by Crippen LogP contribution is 2.37. The molecule has 1 aromatic rings. The quantitative estimate of drug-likeness (QED) is 0.196. The van der Waals surface area contributed by atoms with E-state index in [0.29, 0.717) is 19.4 Å². The van der Waals surface area contributed by atoms with Gasteiger partial charge in [0.1, 0.15) is 48.0 Å². The summed E-state index contributed by atoms with van der Waals surface area (Å²) in [5, 5.41) is 31.4. The lowest BCUT2D eigenvalue weighted by Gasteiger charge is -2.44. The second kappa shape index (κ2) is 17.0. The fraction of sp³-hybridized carbons (Fsp3) is 0.568. The van der Waals surface area contributed by atoms with Crippen LogP contribution >= 0.6 is 11.8 Å². The van der Waals surface area contributed by atoms with Crippen molar-refractivity contribution in [2.45, 2.75) is 99.3 Å². The zero-order valence-corrected chi connectivity index (χ0v) is 28.6. The fourth-order valence-corrected chi connectivity index (χ4v) is 7.87. The molecule has 3 fully saturated rings. The molecular formula is C37H50F2N2O6S. The Balaban J connectivity index is 1.11. The zero-order valence-electron chi connectivity index (χ0n) is 27.7. The van der Waals surface area contributed by atoms with Crippen LogP contribution in [0.15, 0.2) is 78.9 Å². The minimum atomic E-state index is -1.30. The third kappa shape index (κ3) is 8.68. The van der Waals surface area contributed by atoms with Crippen molar-refractivity contribution < 1.29 is 38.3 Å². The van der Waals surface area contributed by atoms with Crippen LogP contribution in [0.3, 0.4) is 0 Å². The molecule has 264 valence electrons. The van der Waals surface area contributed by atoms with E-state index in [-0.39, 0.29) is 18.2 Å². The molecule has 0 amide bonds. The molecule has 10 atom stereocenters. The number of rotatable bonds is 11. The van der Waals surface area contributed by atoms with Crippen molar-refractivity contribution in [2.24, 2.45) is 11.7 Å². The number of alkyl halides is 1. The van der Waals surface area contributed by atoms with Crippen molar-refractivity contribution in [1.29, 1.82) is 0 Å². The highest BCUT2D eigenvalue weighted by Gasteiger charge is 2.44. The molecule has 0 aromatic heterocycles. The molecule has 3 heterocycles. The number of nitrogens with zero attached hydrogens (tertiary/aromatic N) is 1. The van der Waals surface area contributed by atoms with Crippen LogP contribution in [-0.2, 0) is 27.1 Å². The van der Waals surface area contributed by atoms with E-state index in [4.69, 9.17) is 19.9 Å². The zero-order chi connectivity index (χ0) is 34.4. The Morgan fingerprint density at radius 3 is 2.62 bits per heavy atom. The van der Waals surface area contributed by atoms with Gasteiger partial charge in [-0.05, 0) is 84.9 Å². The highest BCUT2D eigenvalue weighted by molar-refractivity contribution is 7.99. The Labute approximate surface area is 287 Å². The number of aryl methyl sites for hydroxylation is 1. The number of nitrogens with two attached hydrogens (primary N) is 1. The van der Waals surface area contributed by atoms with Gasteiger partial charge in [-0.15, -0.1) is 11.8 Å². The summed E-state index contributed by atoms with van der Waals surface area (Å²) in [5.41, 5.74) is 9.75. The van der Waals surface area contributed by atoms with Gasteiger partial charge in [-0.25, -0.2) is 8.78 Å². The number of thioether (sulfide) groups is 1. The van der Waals surface area contributed by atoms with Crippen molar-refractivity contribution in [1.82, 2.24) is 4.90 Å². The third-order valence-corrected chi connectivity index (χ3v) is 10.9. The second-order valence-corrected chi connectivity index (χ2v) is 14.1. The number of allylic oxidation sites excluding steroid dienone is 7. The Bertz CT molecular complexity index is 1360. The van der Waals surface area contributed by atoms with Crippen LogP contribution in [0.4, 0.5) is 8.78 Å². The number of likely N-dealkylation sites (tertiary alicyclic amines) is 1. The molecule has 0 spiro atoms. The van der Waals surface area contributed by atoms with Gasteiger partial charge >= 0.3 is 0 Å². The van der Waals surface area contributed by atoms with E-state index >= 15 is 0 Å². The van der Waals surface area contributed by atoms with Gasteiger partial charge in [0, 0.05) is 31.1 Å². The van der Waals surface area contributed by atoms with Gasteiger partial charge in [0.2, 0.25) is 0 Å². The monoisotopic (exact) mass is 688 g/mol. The first-order valence-corrected chi connectivity index (χ1v) is 18.2. The molecule has 5 rings (SSSR count). The molecule has 5 N–H and O–H groups in total. The lowest BCUT2D eigenvalue weighted by Crippen LogP contribution is -2.56. The highest BCUT2D eigenvalue weighted by atomic mass is 32.2. The van der Waals surface area contributed by atoms with E-state index in [2.05, 4.69) is 18.4 Å². The smallest absolute Gasteiger partial charge is 0.132 e. The molecule has 0 radical (unpaired) electrons. The number of halogens is 2. The maximum atomic E-state index is 14.4. The number of ether oxygens (including phenoxy) is 3. The normalized spacial score (nSPS) is 35.5. The Morgan fingerprint density at radius 2 is 1.94 bits per heavy atom. The second-order valence-electron chi connectivity index (χ2n) is 13.1. The molecular weight excluding hydrogens is 638 g/mol. The van der Waals surface area contributed by atoms with E-state index in [9.17, 15) is 24.1 Å². The minimum absolute atomic E-state index is 0.0859. The summed E-state index contributed by atoms with van der Waals surface area (Å²) in [6.07, 6.45) is 10.5. The first kappa shape index (κ1) is 36.9. The molecule has 3 unspecified atom stereocenters. The van der Waals surface area contributed by atoms with Gasteiger partial charge in [-0.3, -0.25) is 4.90 Å². The summed E-state index contributed by atoms with van der Waals surface area (Å²) >= 11 is 1.30. The first-order chi connectivity index (χ1) is 23.1. The summed E-state index contributed by atoms with van der Waals surface area (Å²) in [7, 11) is 0. The van der Waals surface area contributed by atoms with Crippen LogP contribution in [0.5, 0.6) is 0 Å². The molecule has 0 bridgehead atoms. The van der Waals surface area contributed by atoms with E-state index in [1.165, 1.54) is 23.9 Å². The van der Waals surface area contributed by atoms with Crippen molar-refractivity contribution >= 4 is 11.8 Å². The maximum Gasteiger partial charge on any atom is 0.132 e. The minimum Gasteiger partial charge on any atom is -0.498 e. The number of hydrogen-bond acceptors (Lipinski definition) is 9. The van der Waals surface area contributed by atoms with Gasteiger partial charge < -0.3 is 35.3 Å². The Morgan fingerprint density at radius 1 is 1.17 bits per heavy atom. The number of aliphatic hydroxyl groups is 3. The van der Waals surface area contributed by atoms with E-state index in [1.807, 2.05) is 36.4 Å². The van der Waals surface area contributed by atoms with Crippen LogP contribution in [-0.4, -0.2) is 100 Å². The van der Waals surface area contributed by atoms with Crippen molar-refractivity contribution in [3.05, 3.63) is 95.6 Å². The average Bonchev–Trinajstić information content (AvgIpc) is 3.10. The fourth-order valence-electron chi connectivity index (χ4n) is 7.20. The van der Waals surface area contributed by atoms with Crippen LogP contribution in [0.1, 0.15) is 49.0 Å². The summed E-state index contributed by atoms with van der Waals surface area (Å²) in [6.45, 7) is 8.22. The van der Waals surface area contributed by atoms with Gasteiger partial charge in [0.05, 0.1) is 19.0 Å². The van der Waals surface area contributed by atoms with Crippen molar-refractivity contribution in [3.8, 4) is 0 Å². The molecule has 8 nitrogen and oxygen atoms in total. The predicted molar refractivity (Wildman–Crippen MR) is 185 cm³/mol. The number of hydrogen-bond donors (Lipinski definition) is 4. The van der Waals surface area contributed by atoms with Crippen LogP contribution in [0.25, 0.3) is 0 Å². The summed E-state index contributed by atoms with van der Waals surface area (Å²) in [5.74, 6) is -1.15. The molecule has 4 aliphatic rings. The third-order valence-electron chi connectivity index (χ3n) is 10.0. The van der Waals surface area contributed by atoms with Gasteiger partial charge in [0.15, 0.2) is 0 Å². The summed E-state index contributed by atoms with van der Waals surface area (Å²) < 4.78 is 46.3. The van der Waals surface area contributed by atoms with E-state index < -0.39 is 53.9 Å². The Hall–Kier alpha value is -2.35. The predicted octanol–water partition coefficient (Wildman–Crippen LogP) is 4.60. The number of aliphatic hydroxyl groups excluding tert-OH is 3. The molecule has 3 aliphatic heterocycles. The van der Waals surface area contributed by atoms with Crippen LogP contribution in [0.2, 0.25) is 0 Å². The van der Waals surface area contributed by atoms with Gasteiger partial charge in [0.25, 0.3) is 0 Å². The summed E-state index contributed by atoms with van der Waals surface area (Å²) in [6, 6.07) is 5.71. The van der Waals surface area contributed by atoms with Gasteiger partial charge in [-0.2, -0.15) is 0 Å². The number of piperidine rings is 1. The largest absolute Gasteiger partial charge is 0.498 e.